The minimum atomic E-state index is -0.563. The molecule has 0 unspecified atom stereocenters. The van der Waals surface area contributed by atoms with Gasteiger partial charge in [0, 0.05) is 22.5 Å². The van der Waals surface area contributed by atoms with Crippen molar-refractivity contribution in [3.8, 4) is 28.6 Å². The topological polar surface area (TPSA) is 81.2 Å². The van der Waals surface area contributed by atoms with Gasteiger partial charge in [0.1, 0.15) is 17.1 Å². The van der Waals surface area contributed by atoms with Crippen molar-refractivity contribution >= 4 is 26.8 Å². The molecule has 6 nitrogen and oxygen atoms in total. The molecule has 0 aliphatic carbocycles. The Morgan fingerprint density at radius 1 is 1.19 bits per heavy atom. The molecule has 0 saturated heterocycles. The normalized spacial score (nSPS) is 11.2. The van der Waals surface area contributed by atoms with Gasteiger partial charge in [-0.2, -0.15) is 4.98 Å². The highest BCUT2D eigenvalue weighted by Crippen LogP contribution is 2.33. The maximum atomic E-state index is 13.5. The Bertz CT molecular complexity index is 1200. The largest absolute Gasteiger partial charge is 0.506 e. The SMILES string of the molecule is Cn1c(=O)c(-c2nc(-c3ccc(Br)cc3)no2)c(O)c2ccc(F)cc21. The fraction of sp³-hybridized carbons (Fsp3) is 0.0556. The van der Waals surface area contributed by atoms with Crippen LogP contribution in [0.15, 0.2) is 56.3 Å². The van der Waals surface area contributed by atoms with Gasteiger partial charge in [-0.25, -0.2) is 4.39 Å². The van der Waals surface area contributed by atoms with Crippen LogP contribution in [0.4, 0.5) is 4.39 Å². The summed E-state index contributed by atoms with van der Waals surface area (Å²) in [6, 6.07) is 11.0. The van der Waals surface area contributed by atoms with Crippen LogP contribution >= 0.6 is 15.9 Å². The lowest BCUT2D eigenvalue weighted by atomic mass is 10.1. The highest BCUT2D eigenvalue weighted by molar-refractivity contribution is 9.10. The van der Waals surface area contributed by atoms with Crippen LogP contribution in [-0.4, -0.2) is 19.8 Å². The number of fused-ring (bicyclic) bond motifs is 1. The standard InChI is InChI=1S/C18H11BrFN3O3/c1-23-13-8-11(20)6-7-12(13)15(24)14(18(23)25)17-21-16(22-26-17)9-2-4-10(19)5-3-9/h2-8,24H,1H3. The molecule has 0 atom stereocenters. The predicted octanol–water partition coefficient (Wildman–Crippen LogP) is 3.86. The molecule has 26 heavy (non-hydrogen) atoms. The summed E-state index contributed by atoms with van der Waals surface area (Å²) in [5, 5.41) is 14.7. The molecule has 2 heterocycles. The van der Waals surface area contributed by atoms with Gasteiger partial charge in [0.05, 0.1) is 5.52 Å². The van der Waals surface area contributed by atoms with E-state index in [0.717, 1.165) is 4.47 Å². The number of aromatic nitrogens is 3. The second kappa shape index (κ2) is 6.06. The van der Waals surface area contributed by atoms with E-state index in [4.69, 9.17) is 4.52 Å². The summed E-state index contributed by atoms with van der Waals surface area (Å²) >= 11 is 3.35. The van der Waals surface area contributed by atoms with Crippen molar-refractivity contribution in [2.45, 2.75) is 0 Å². The molecular formula is C18H11BrFN3O3. The molecule has 0 radical (unpaired) electrons. The molecule has 0 bridgehead atoms. The van der Waals surface area contributed by atoms with Gasteiger partial charge >= 0.3 is 0 Å². The lowest BCUT2D eigenvalue weighted by molar-refractivity contribution is 0.425. The number of aromatic hydroxyl groups is 1. The number of benzene rings is 2. The van der Waals surface area contributed by atoms with Crippen LogP contribution in [0.2, 0.25) is 0 Å². The highest BCUT2D eigenvalue weighted by atomic mass is 79.9. The molecule has 8 heteroatoms. The molecule has 4 rings (SSSR count). The van der Waals surface area contributed by atoms with Gasteiger partial charge in [-0.05, 0) is 42.5 Å². The number of hydrogen-bond donors (Lipinski definition) is 1. The van der Waals surface area contributed by atoms with Crippen LogP contribution in [0.3, 0.4) is 0 Å². The van der Waals surface area contributed by atoms with E-state index in [1.165, 1.54) is 29.8 Å². The Morgan fingerprint density at radius 2 is 1.92 bits per heavy atom. The molecule has 0 aliphatic heterocycles. The molecule has 0 aliphatic rings. The molecule has 0 saturated carbocycles. The molecule has 0 fully saturated rings. The average molecular weight is 416 g/mol. The maximum Gasteiger partial charge on any atom is 0.267 e. The summed E-state index contributed by atoms with van der Waals surface area (Å²) in [6.07, 6.45) is 0. The number of pyridine rings is 1. The molecule has 1 N–H and O–H groups in total. The summed E-state index contributed by atoms with van der Waals surface area (Å²) in [5.74, 6) is -0.649. The van der Waals surface area contributed by atoms with Crippen molar-refractivity contribution < 1.29 is 14.0 Å². The number of halogens is 2. The lowest BCUT2D eigenvalue weighted by Gasteiger charge is -2.09. The van der Waals surface area contributed by atoms with Crippen LogP contribution in [0.5, 0.6) is 5.75 Å². The monoisotopic (exact) mass is 415 g/mol. The maximum absolute atomic E-state index is 13.5. The Balaban J connectivity index is 1.91. The van der Waals surface area contributed by atoms with E-state index in [9.17, 15) is 14.3 Å². The van der Waals surface area contributed by atoms with E-state index in [1.54, 1.807) is 12.1 Å². The average Bonchev–Trinajstić information content (AvgIpc) is 3.10. The molecule has 2 aromatic heterocycles. The molecular weight excluding hydrogens is 405 g/mol. The highest BCUT2D eigenvalue weighted by Gasteiger charge is 2.22. The summed E-state index contributed by atoms with van der Waals surface area (Å²) in [6.45, 7) is 0. The van der Waals surface area contributed by atoms with Gasteiger partial charge in [-0.1, -0.05) is 21.1 Å². The van der Waals surface area contributed by atoms with Gasteiger partial charge in [0.2, 0.25) is 5.82 Å². The first-order chi connectivity index (χ1) is 12.5. The summed E-state index contributed by atoms with van der Waals surface area (Å²) < 4.78 is 20.8. The second-order valence-electron chi connectivity index (χ2n) is 5.68. The smallest absolute Gasteiger partial charge is 0.267 e. The van der Waals surface area contributed by atoms with E-state index in [1.807, 2.05) is 12.1 Å². The first-order valence-electron chi connectivity index (χ1n) is 7.57. The van der Waals surface area contributed by atoms with Crippen LogP contribution in [0.25, 0.3) is 33.7 Å². The van der Waals surface area contributed by atoms with E-state index < -0.39 is 11.4 Å². The first-order valence-corrected chi connectivity index (χ1v) is 8.36. The lowest BCUT2D eigenvalue weighted by Crippen LogP contribution is -2.19. The number of nitrogens with zero attached hydrogens (tertiary/aromatic N) is 3. The Kier molecular flexibility index (Phi) is 3.84. The minimum Gasteiger partial charge on any atom is -0.506 e. The van der Waals surface area contributed by atoms with Crippen LogP contribution in [-0.2, 0) is 7.05 Å². The van der Waals surface area contributed by atoms with Crippen molar-refractivity contribution in [2.75, 3.05) is 0 Å². The number of aryl methyl sites for hydroxylation is 1. The predicted molar refractivity (Wildman–Crippen MR) is 97.2 cm³/mol. The van der Waals surface area contributed by atoms with Gasteiger partial charge in [0.25, 0.3) is 11.4 Å². The van der Waals surface area contributed by atoms with Crippen LogP contribution < -0.4 is 5.56 Å². The zero-order valence-corrected chi connectivity index (χ0v) is 15.0. The first kappa shape index (κ1) is 16.5. The van der Waals surface area contributed by atoms with Crippen molar-refractivity contribution in [3.63, 3.8) is 0 Å². The Hall–Kier alpha value is -3.00. The third kappa shape index (κ3) is 2.59. The number of hydrogen-bond acceptors (Lipinski definition) is 5. The molecule has 2 aromatic carbocycles. The van der Waals surface area contributed by atoms with Gasteiger partial charge in [0.15, 0.2) is 0 Å². The zero-order chi connectivity index (χ0) is 18.4. The summed E-state index contributed by atoms with van der Waals surface area (Å²) in [7, 11) is 1.49. The van der Waals surface area contributed by atoms with Gasteiger partial charge < -0.3 is 14.2 Å². The minimum absolute atomic E-state index is 0.104. The molecule has 130 valence electrons. The second-order valence-corrected chi connectivity index (χ2v) is 6.59. The van der Waals surface area contributed by atoms with E-state index in [2.05, 4.69) is 26.1 Å². The zero-order valence-electron chi connectivity index (χ0n) is 13.4. The van der Waals surface area contributed by atoms with Crippen LogP contribution in [0.1, 0.15) is 0 Å². The van der Waals surface area contributed by atoms with Crippen LogP contribution in [0, 0.1) is 5.82 Å². The van der Waals surface area contributed by atoms with E-state index in [-0.39, 0.29) is 28.5 Å². The number of rotatable bonds is 2. The fourth-order valence-corrected chi connectivity index (χ4v) is 2.99. The quantitative estimate of drug-likeness (QED) is 0.537. The molecule has 4 aromatic rings. The summed E-state index contributed by atoms with van der Waals surface area (Å²) in [5.41, 5.74) is 0.278. The molecule has 0 amide bonds. The van der Waals surface area contributed by atoms with Gasteiger partial charge in [-0.3, -0.25) is 4.79 Å². The third-order valence-corrected chi connectivity index (χ3v) is 4.60. The van der Waals surface area contributed by atoms with Crippen molar-refractivity contribution in [2.24, 2.45) is 7.05 Å². The van der Waals surface area contributed by atoms with Crippen molar-refractivity contribution in [1.82, 2.24) is 14.7 Å². The Morgan fingerprint density at radius 3 is 2.65 bits per heavy atom. The molecule has 0 spiro atoms. The third-order valence-electron chi connectivity index (χ3n) is 4.07. The van der Waals surface area contributed by atoms with Gasteiger partial charge in [-0.15, -0.1) is 0 Å². The fourth-order valence-electron chi connectivity index (χ4n) is 2.73. The van der Waals surface area contributed by atoms with Crippen molar-refractivity contribution in [1.29, 1.82) is 0 Å². The summed E-state index contributed by atoms with van der Waals surface area (Å²) in [4.78, 5) is 16.9. The van der Waals surface area contributed by atoms with E-state index >= 15 is 0 Å². The Labute approximate surface area is 154 Å². The van der Waals surface area contributed by atoms with Crippen molar-refractivity contribution in [3.05, 3.63) is 63.1 Å². The van der Waals surface area contributed by atoms with E-state index in [0.29, 0.717) is 10.9 Å².